The summed E-state index contributed by atoms with van der Waals surface area (Å²) in [6.07, 6.45) is 4.18. The molecular formula is C18H25N3O3. The van der Waals surface area contributed by atoms with Gasteiger partial charge in [0.15, 0.2) is 17.5 Å². The van der Waals surface area contributed by atoms with Crippen LogP contribution >= 0.6 is 0 Å². The van der Waals surface area contributed by atoms with E-state index >= 15 is 0 Å². The lowest BCUT2D eigenvalue weighted by Crippen LogP contribution is -2.45. The molecule has 1 aromatic carbocycles. The molecule has 0 radical (unpaired) electrons. The SMILES string of the molecule is CN=C(NCCC1=CCOCC1)NCC1COc2ccccc2O1. The third-order valence-corrected chi connectivity index (χ3v) is 4.08. The molecule has 0 spiro atoms. The Kier molecular flexibility index (Phi) is 5.96. The maximum atomic E-state index is 5.93. The van der Waals surface area contributed by atoms with Crippen molar-refractivity contribution in [2.45, 2.75) is 18.9 Å². The van der Waals surface area contributed by atoms with E-state index in [1.807, 2.05) is 24.3 Å². The summed E-state index contributed by atoms with van der Waals surface area (Å²) in [5.74, 6) is 2.39. The highest BCUT2D eigenvalue weighted by molar-refractivity contribution is 5.79. The lowest BCUT2D eigenvalue weighted by molar-refractivity contribution is 0.0936. The third-order valence-electron chi connectivity index (χ3n) is 4.08. The molecule has 6 heteroatoms. The van der Waals surface area contributed by atoms with Crippen LogP contribution in [-0.2, 0) is 4.74 Å². The minimum Gasteiger partial charge on any atom is -0.486 e. The average molecular weight is 331 g/mol. The Morgan fingerprint density at radius 2 is 2.12 bits per heavy atom. The molecule has 2 heterocycles. The Balaban J connectivity index is 1.39. The van der Waals surface area contributed by atoms with Crippen LogP contribution in [0.1, 0.15) is 12.8 Å². The summed E-state index contributed by atoms with van der Waals surface area (Å²) in [7, 11) is 1.77. The zero-order valence-electron chi connectivity index (χ0n) is 14.1. The highest BCUT2D eigenvalue weighted by Crippen LogP contribution is 2.30. The molecule has 0 saturated carbocycles. The molecule has 1 aromatic rings. The Morgan fingerprint density at radius 1 is 1.25 bits per heavy atom. The van der Waals surface area contributed by atoms with Crippen molar-refractivity contribution in [1.82, 2.24) is 10.6 Å². The van der Waals surface area contributed by atoms with Crippen molar-refractivity contribution in [1.29, 1.82) is 0 Å². The molecule has 0 amide bonds. The van der Waals surface area contributed by atoms with Gasteiger partial charge in [0.05, 0.1) is 19.8 Å². The predicted octanol–water partition coefficient (Wildman–Crippen LogP) is 1.73. The zero-order valence-corrected chi connectivity index (χ0v) is 14.1. The molecule has 0 aliphatic carbocycles. The Morgan fingerprint density at radius 3 is 2.92 bits per heavy atom. The Hall–Kier alpha value is -2.21. The van der Waals surface area contributed by atoms with Gasteiger partial charge in [-0.2, -0.15) is 0 Å². The van der Waals surface area contributed by atoms with E-state index in [-0.39, 0.29) is 6.10 Å². The highest BCUT2D eigenvalue weighted by atomic mass is 16.6. The molecule has 2 aliphatic rings. The largest absolute Gasteiger partial charge is 0.486 e. The highest BCUT2D eigenvalue weighted by Gasteiger charge is 2.20. The van der Waals surface area contributed by atoms with Crippen molar-refractivity contribution in [3.8, 4) is 11.5 Å². The Bertz CT molecular complexity index is 601. The van der Waals surface area contributed by atoms with Gasteiger partial charge in [0.25, 0.3) is 0 Å². The van der Waals surface area contributed by atoms with E-state index in [2.05, 4.69) is 21.7 Å². The number of ether oxygens (including phenoxy) is 3. The molecule has 6 nitrogen and oxygen atoms in total. The summed E-state index contributed by atoms with van der Waals surface area (Å²) in [5.41, 5.74) is 1.45. The van der Waals surface area contributed by atoms with Crippen molar-refractivity contribution < 1.29 is 14.2 Å². The number of benzene rings is 1. The molecule has 0 fully saturated rings. The first-order chi connectivity index (χ1) is 11.8. The fraction of sp³-hybridized carbons (Fsp3) is 0.500. The molecule has 0 aromatic heterocycles. The van der Waals surface area contributed by atoms with Crippen LogP contribution < -0.4 is 20.1 Å². The van der Waals surface area contributed by atoms with Crippen molar-refractivity contribution in [3.05, 3.63) is 35.9 Å². The smallest absolute Gasteiger partial charge is 0.191 e. The molecule has 3 rings (SSSR count). The van der Waals surface area contributed by atoms with Crippen LogP contribution in [0.3, 0.4) is 0 Å². The zero-order chi connectivity index (χ0) is 16.6. The van der Waals surface area contributed by atoms with Crippen LogP contribution in [0.15, 0.2) is 40.9 Å². The van der Waals surface area contributed by atoms with Gasteiger partial charge in [-0.15, -0.1) is 0 Å². The maximum Gasteiger partial charge on any atom is 0.191 e. The normalized spacial score (nSPS) is 20.3. The van der Waals surface area contributed by atoms with Crippen molar-refractivity contribution in [3.63, 3.8) is 0 Å². The van der Waals surface area contributed by atoms with E-state index in [0.29, 0.717) is 13.2 Å². The first kappa shape index (κ1) is 16.6. The third kappa shape index (κ3) is 4.64. The van der Waals surface area contributed by atoms with E-state index in [0.717, 1.165) is 50.1 Å². The molecule has 130 valence electrons. The number of nitrogens with one attached hydrogen (secondary N) is 2. The minimum atomic E-state index is -0.0309. The number of rotatable bonds is 5. The van der Waals surface area contributed by atoms with Gasteiger partial charge in [-0.25, -0.2) is 0 Å². The van der Waals surface area contributed by atoms with Gasteiger partial charge in [-0.05, 0) is 25.0 Å². The molecule has 1 atom stereocenters. The monoisotopic (exact) mass is 331 g/mol. The molecule has 2 N–H and O–H groups in total. The summed E-state index contributed by atoms with van der Waals surface area (Å²) in [5, 5.41) is 6.63. The fourth-order valence-electron chi connectivity index (χ4n) is 2.73. The fourth-order valence-corrected chi connectivity index (χ4v) is 2.73. The van der Waals surface area contributed by atoms with Gasteiger partial charge in [0.1, 0.15) is 12.7 Å². The molecular weight excluding hydrogens is 306 g/mol. The van der Waals surface area contributed by atoms with Gasteiger partial charge in [-0.1, -0.05) is 23.8 Å². The number of fused-ring (bicyclic) bond motifs is 1. The van der Waals surface area contributed by atoms with Crippen LogP contribution in [0.2, 0.25) is 0 Å². The summed E-state index contributed by atoms with van der Waals surface area (Å²) < 4.78 is 17.0. The van der Waals surface area contributed by atoms with E-state index in [1.54, 1.807) is 7.05 Å². The second-order valence-electron chi connectivity index (χ2n) is 5.81. The second kappa shape index (κ2) is 8.59. The lowest BCUT2D eigenvalue weighted by Gasteiger charge is -2.27. The summed E-state index contributed by atoms with van der Waals surface area (Å²) in [4.78, 5) is 4.25. The Labute approximate surface area is 142 Å². The summed E-state index contributed by atoms with van der Waals surface area (Å²) in [6, 6.07) is 7.74. The van der Waals surface area contributed by atoms with Gasteiger partial charge < -0.3 is 24.8 Å². The maximum absolute atomic E-state index is 5.93. The van der Waals surface area contributed by atoms with E-state index in [4.69, 9.17) is 14.2 Å². The van der Waals surface area contributed by atoms with E-state index in [1.165, 1.54) is 5.57 Å². The van der Waals surface area contributed by atoms with E-state index < -0.39 is 0 Å². The van der Waals surface area contributed by atoms with Crippen LogP contribution in [-0.4, -0.2) is 52.0 Å². The van der Waals surface area contributed by atoms with E-state index in [9.17, 15) is 0 Å². The topological polar surface area (TPSA) is 64.1 Å². The van der Waals surface area contributed by atoms with Gasteiger partial charge in [0.2, 0.25) is 0 Å². The van der Waals surface area contributed by atoms with Crippen LogP contribution in [0.5, 0.6) is 11.5 Å². The van der Waals surface area contributed by atoms with Crippen molar-refractivity contribution >= 4 is 5.96 Å². The average Bonchev–Trinajstić information content (AvgIpc) is 2.65. The van der Waals surface area contributed by atoms with Gasteiger partial charge in [0, 0.05) is 13.6 Å². The number of nitrogens with zero attached hydrogens (tertiary/aromatic N) is 1. The standard InChI is InChI=1S/C18H25N3O3/c1-19-18(20-9-6-14-7-10-22-11-8-14)21-12-15-13-23-16-4-2-3-5-17(16)24-15/h2-5,7,15H,6,8-13H2,1H3,(H2,19,20,21). The van der Waals surface area contributed by atoms with Crippen molar-refractivity contribution in [2.75, 3.05) is 40.0 Å². The second-order valence-corrected chi connectivity index (χ2v) is 5.81. The molecule has 24 heavy (non-hydrogen) atoms. The molecule has 0 bridgehead atoms. The number of aliphatic imine (C=N–C) groups is 1. The number of hydrogen-bond donors (Lipinski definition) is 2. The van der Waals surface area contributed by atoms with Crippen LogP contribution in [0, 0.1) is 0 Å². The van der Waals surface area contributed by atoms with Gasteiger partial charge >= 0.3 is 0 Å². The number of para-hydroxylation sites is 2. The molecule has 1 unspecified atom stereocenters. The summed E-state index contributed by atoms with van der Waals surface area (Å²) >= 11 is 0. The van der Waals surface area contributed by atoms with Gasteiger partial charge in [-0.3, -0.25) is 4.99 Å². The number of guanidine groups is 1. The lowest BCUT2D eigenvalue weighted by atomic mass is 10.1. The minimum absolute atomic E-state index is 0.0309. The van der Waals surface area contributed by atoms with Crippen molar-refractivity contribution in [2.24, 2.45) is 4.99 Å². The first-order valence-corrected chi connectivity index (χ1v) is 8.44. The van der Waals surface area contributed by atoms with Crippen LogP contribution in [0.4, 0.5) is 0 Å². The molecule has 2 aliphatic heterocycles. The van der Waals surface area contributed by atoms with Crippen LogP contribution in [0.25, 0.3) is 0 Å². The summed E-state index contributed by atoms with van der Waals surface area (Å²) in [6.45, 7) is 3.61. The first-order valence-electron chi connectivity index (χ1n) is 8.44. The quantitative estimate of drug-likeness (QED) is 0.489. The number of hydrogen-bond acceptors (Lipinski definition) is 4. The predicted molar refractivity (Wildman–Crippen MR) is 93.9 cm³/mol. The molecule has 0 saturated heterocycles.